The first-order valence-electron chi connectivity index (χ1n) is 11.2. The molecule has 0 bridgehead atoms. The number of piperazine rings is 1. The van der Waals surface area contributed by atoms with Gasteiger partial charge in [-0.1, -0.05) is 30.0 Å². The predicted octanol–water partition coefficient (Wildman–Crippen LogP) is 5.57. The van der Waals surface area contributed by atoms with Crippen molar-refractivity contribution in [3.63, 3.8) is 0 Å². The van der Waals surface area contributed by atoms with Gasteiger partial charge in [-0.05, 0) is 49.8 Å². The number of hydrogen-bond acceptors (Lipinski definition) is 5. The summed E-state index contributed by atoms with van der Waals surface area (Å²) in [6, 6.07) is 10.9. The van der Waals surface area contributed by atoms with E-state index in [1.807, 2.05) is 6.92 Å². The average molecular weight is 509 g/mol. The molecule has 6 nitrogen and oxygen atoms in total. The van der Waals surface area contributed by atoms with Crippen molar-refractivity contribution in [3.05, 3.63) is 59.7 Å². The third-order valence-corrected chi connectivity index (χ3v) is 6.35. The number of para-hydroxylation sites is 1. The van der Waals surface area contributed by atoms with Crippen LogP contribution in [0.5, 0.6) is 5.75 Å². The third kappa shape index (κ3) is 7.17. The van der Waals surface area contributed by atoms with Gasteiger partial charge in [0.15, 0.2) is 0 Å². The summed E-state index contributed by atoms with van der Waals surface area (Å²) in [5.41, 5.74) is -0.523. The average Bonchev–Trinajstić information content (AvgIpc) is 2.84. The molecule has 188 valence electrons. The van der Waals surface area contributed by atoms with Crippen LogP contribution in [0.15, 0.2) is 58.3 Å². The van der Waals surface area contributed by atoms with Crippen LogP contribution in [0.2, 0.25) is 0 Å². The lowest BCUT2D eigenvalue weighted by Gasteiger charge is -2.33. The van der Waals surface area contributed by atoms with Gasteiger partial charge < -0.3 is 19.3 Å². The van der Waals surface area contributed by atoms with E-state index in [0.717, 1.165) is 17.8 Å². The number of hydrogen-bond donors (Lipinski definition) is 0. The molecule has 1 heterocycles. The Morgan fingerprint density at radius 3 is 2.31 bits per heavy atom. The van der Waals surface area contributed by atoms with Gasteiger partial charge in [0.2, 0.25) is 5.91 Å². The molecule has 1 fully saturated rings. The Bertz CT molecular complexity index is 1070. The highest BCUT2D eigenvalue weighted by atomic mass is 32.2. The summed E-state index contributed by atoms with van der Waals surface area (Å²) in [6.07, 6.45) is -2.36. The highest BCUT2D eigenvalue weighted by Gasteiger charge is 2.34. The van der Waals surface area contributed by atoms with E-state index in [9.17, 15) is 22.8 Å². The lowest BCUT2D eigenvalue weighted by atomic mass is 10.1. The topological polar surface area (TPSA) is 59.1 Å². The number of nitrogens with zero attached hydrogens (tertiary/aromatic N) is 2. The van der Waals surface area contributed by atoms with Gasteiger partial charge in [0.1, 0.15) is 5.75 Å². The van der Waals surface area contributed by atoms with E-state index in [4.69, 9.17) is 9.47 Å². The maximum Gasteiger partial charge on any atom is 0.417 e. The molecule has 35 heavy (non-hydrogen) atoms. The Labute approximate surface area is 206 Å². The molecule has 1 aliphatic heterocycles. The number of amides is 2. The van der Waals surface area contributed by atoms with Crippen LogP contribution in [-0.4, -0.2) is 61.2 Å². The van der Waals surface area contributed by atoms with Crippen molar-refractivity contribution in [1.82, 2.24) is 9.80 Å². The molecule has 0 saturated carbocycles. The monoisotopic (exact) mass is 508 g/mol. The molecule has 0 radical (unpaired) electrons. The lowest BCUT2D eigenvalue weighted by Crippen LogP contribution is -2.50. The summed E-state index contributed by atoms with van der Waals surface area (Å²) >= 11 is 0.983. The van der Waals surface area contributed by atoms with E-state index in [2.05, 4.69) is 0 Å². The maximum atomic E-state index is 13.8. The number of carbonyl (C=O) groups is 2. The van der Waals surface area contributed by atoms with Crippen molar-refractivity contribution in [2.24, 2.45) is 0 Å². The number of ether oxygens (including phenoxy) is 2. The zero-order valence-electron chi connectivity index (χ0n) is 19.5. The Hall–Kier alpha value is -3.14. The van der Waals surface area contributed by atoms with Crippen LogP contribution in [0.3, 0.4) is 0 Å². The van der Waals surface area contributed by atoms with Crippen LogP contribution in [0.25, 0.3) is 6.08 Å². The molecule has 2 aromatic rings. The van der Waals surface area contributed by atoms with Gasteiger partial charge in [0.25, 0.3) is 0 Å². The minimum Gasteiger partial charge on any atom is -0.493 e. The Balaban J connectivity index is 1.72. The van der Waals surface area contributed by atoms with Crippen LogP contribution >= 0.6 is 11.8 Å². The molecule has 0 aliphatic carbocycles. The summed E-state index contributed by atoms with van der Waals surface area (Å²) in [5, 5.41) is 0. The van der Waals surface area contributed by atoms with Crippen molar-refractivity contribution in [2.75, 3.05) is 39.4 Å². The predicted molar refractivity (Wildman–Crippen MR) is 127 cm³/mol. The molecular weight excluding hydrogens is 481 g/mol. The van der Waals surface area contributed by atoms with Crippen LogP contribution < -0.4 is 4.74 Å². The fourth-order valence-corrected chi connectivity index (χ4v) is 4.52. The van der Waals surface area contributed by atoms with Gasteiger partial charge in [-0.25, -0.2) is 4.79 Å². The lowest BCUT2D eigenvalue weighted by molar-refractivity contribution is -0.139. The van der Waals surface area contributed by atoms with Gasteiger partial charge in [0, 0.05) is 37.2 Å². The van der Waals surface area contributed by atoms with E-state index in [-0.39, 0.29) is 23.0 Å². The highest BCUT2D eigenvalue weighted by Crippen LogP contribution is 2.42. The molecule has 0 spiro atoms. The van der Waals surface area contributed by atoms with Crippen LogP contribution in [0.1, 0.15) is 25.0 Å². The minimum absolute atomic E-state index is 0.0446. The smallest absolute Gasteiger partial charge is 0.417 e. The largest absolute Gasteiger partial charge is 0.493 e. The first-order valence-corrected chi connectivity index (χ1v) is 12.0. The molecule has 0 unspecified atom stereocenters. The number of rotatable bonds is 7. The molecule has 0 N–H and O–H groups in total. The first-order chi connectivity index (χ1) is 16.7. The molecule has 2 amide bonds. The number of alkyl halides is 3. The molecule has 0 aromatic heterocycles. The van der Waals surface area contributed by atoms with Crippen LogP contribution in [0.4, 0.5) is 18.0 Å². The SMILES string of the molecule is CCOC(=O)N1CCN(C(=O)/C=C/c2ccc(Sc3ccccc3OCC)c(C(F)(F)F)c2)CC1. The van der Waals surface area contributed by atoms with Crippen LogP contribution in [-0.2, 0) is 15.7 Å². The molecule has 1 saturated heterocycles. The quantitative estimate of drug-likeness (QED) is 0.458. The Kier molecular flexibility index (Phi) is 9.08. The minimum atomic E-state index is -4.57. The second kappa shape index (κ2) is 12.0. The molecule has 0 atom stereocenters. The zero-order chi connectivity index (χ0) is 25.4. The second-order valence-electron chi connectivity index (χ2n) is 7.58. The number of carbonyl (C=O) groups excluding carboxylic acids is 2. The maximum absolute atomic E-state index is 13.8. The standard InChI is InChI=1S/C25H27F3N2O4S/c1-3-33-20-7-5-6-8-22(20)35-21-11-9-18(17-19(21)25(26,27)28)10-12-23(31)29-13-15-30(16-14-29)24(32)34-4-2/h5-12,17H,3-4,13-16H2,1-2H3/b12-10+. The first kappa shape index (κ1) is 26.5. The van der Waals surface area contributed by atoms with Crippen molar-refractivity contribution in [1.29, 1.82) is 0 Å². The van der Waals surface area contributed by atoms with Crippen LogP contribution in [0, 0.1) is 0 Å². The fraction of sp³-hybridized carbons (Fsp3) is 0.360. The summed E-state index contributed by atoms with van der Waals surface area (Å²) in [7, 11) is 0. The summed E-state index contributed by atoms with van der Waals surface area (Å²) in [6.45, 7) is 5.53. The van der Waals surface area contributed by atoms with Crippen molar-refractivity contribution >= 4 is 29.8 Å². The third-order valence-electron chi connectivity index (χ3n) is 5.21. The summed E-state index contributed by atoms with van der Waals surface area (Å²) in [4.78, 5) is 28.0. The Morgan fingerprint density at radius 1 is 0.971 bits per heavy atom. The van der Waals surface area contributed by atoms with E-state index in [1.165, 1.54) is 23.1 Å². The van der Waals surface area contributed by atoms with E-state index in [1.54, 1.807) is 42.2 Å². The van der Waals surface area contributed by atoms with Crippen molar-refractivity contribution in [2.45, 2.75) is 29.8 Å². The van der Waals surface area contributed by atoms with Crippen molar-refractivity contribution < 1.29 is 32.2 Å². The Morgan fingerprint density at radius 2 is 1.66 bits per heavy atom. The van der Waals surface area contributed by atoms with Gasteiger partial charge in [-0.3, -0.25) is 4.79 Å². The van der Waals surface area contributed by atoms with E-state index < -0.39 is 17.8 Å². The summed E-state index contributed by atoms with van der Waals surface area (Å²) < 4.78 is 52.0. The molecule has 2 aromatic carbocycles. The number of halogens is 3. The molecule has 1 aliphatic rings. The molecular formula is C25H27F3N2O4S. The van der Waals surface area contributed by atoms with Crippen molar-refractivity contribution in [3.8, 4) is 5.75 Å². The van der Waals surface area contributed by atoms with Gasteiger partial charge in [0.05, 0.1) is 23.7 Å². The number of benzene rings is 2. The zero-order valence-corrected chi connectivity index (χ0v) is 20.3. The molecule has 3 rings (SSSR count). The van der Waals surface area contributed by atoms with Gasteiger partial charge in [-0.2, -0.15) is 13.2 Å². The molecule has 10 heteroatoms. The van der Waals surface area contributed by atoms with E-state index >= 15 is 0 Å². The van der Waals surface area contributed by atoms with E-state index in [0.29, 0.717) is 43.4 Å². The normalized spacial score (nSPS) is 14.3. The fourth-order valence-electron chi connectivity index (χ4n) is 3.49. The highest BCUT2D eigenvalue weighted by molar-refractivity contribution is 7.99. The second-order valence-corrected chi connectivity index (χ2v) is 8.66. The summed E-state index contributed by atoms with van der Waals surface area (Å²) in [5.74, 6) is 0.192. The van der Waals surface area contributed by atoms with Gasteiger partial charge >= 0.3 is 12.3 Å². The van der Waals surface area contributed by atoms with Gasteiger partial charge in [-0.15, -0.1) is 0 Å².